The molecule has 0 aliphatic rings. The molecule has 0 aliphatic heterocycles. The van der Waals surface area contributed by atoms with Crippen LogP contribution in [0.5, 0.6) is 5.75 Å². The lowest BCUT2D eigenvalue weighted by atomic mass is 10.1. The highest BCUT2D eigenvalue weighted by atomic mass is 16.5. The zero-order valence-electron chi connectivity index (χ0n) is 13.0. The van der Waals surface area contributed by atoms with E-state index >= 15 is 0 Å². The van der Waals surface area contributed by atoms with Gasteiger partial charge in [-0.05, 0) is 18.6 Å². The summed E-state index contributed by atoms with van der Waals surface area (Å²) in [5.74, 6) is -0.415. The van der Waals surface area contributed by atoms with Crippen LogP contribution in [0.1, 0.15) is 13.3 Å². The first-order chi connectivity index (χ1) is 10.6. The molecule has 1 atom stereocenters. The summed E-state index contributed by atoms with van der Waals surface area (Å²) in [6.45, 7) is 2.18. The van der Waals surface area contributed by atoms with Gasteiger partial charge in [0, 0.05) is 19.7 Å². The van der Waals surface area contributed by atoms with Crippen LogP contribution in [0, 0.1) is 5.92 Å². The summed E-state index contributed by atoms with van der Waals surface area (Å²) < 4.78 is 10.1. The average molecular weight is 309 g/mol. The van der Waals surface area contributed by atoms with Crippen LogP contribution in [-0.2, 0) is 14.3 Å². The topological polar surface area (TPSA) is 76.1 Å². The third-order valence-electron chi connectivity index (χ3n) is 3.14. The molecule has 0 heterocycles. The lowest BCUT2D eigenvalue weighted by Crippen LogP contribution is -2.40. The van der Waals surface area contributed by atoms with Gasteiger partial charge in [0.05, 0.1) is 13.0 Å². The number of rotatable bonds is 9. The van der Waals surface area contributed by atoms with Crippen molar-refractivity contribution in [1.29, 1.82) is 0 Å². The minimum atomic E-state index is -0.427. The highest BCUT2D eigenvalue weighted by Crippen LogP contribution is 2.09. The molecule has 0 radical (unpaired) electrons. The number of esters is 1. The van der Waals surface area contributed by atoms with Crippen molar-refractivity contribution >= 4 is 11.9 Å². The van der Waals surface area contributed by atoms with Gasteiger partial charge in [0.2, 0.25) is 0 Å². The SMILES string of the molecule is COC(=O)C(C)CN(CCCO)C(=O)COc1ccccc1. The van der Waals surface area contributed by atoms with Crippen LogP contribution in [-0.4, -0.2) is 55.3 Å². The van der Waals surface area contributed by atoms with E-state index in [1.54, 1.807) is 19.1 Å². The molecule has 0 aromatic heterocycles. The maximum absolute atomic E-state index is 12.2. The normalized spacial score (nSPS) is 11.6. The number of aliphatic hydroxyl groups is 1. The molecule has 6 heteroatoms. The third kappa shape index (κ3) is 6.13. The van der Waals surface area contributed by atoms with Gasteiger partial charge in [0.25, 0.3) is 5.91 Å². The number of ether oxygens (including phenoxy) is 2. The predicted molar refractivity (Wildman–Crippen MR) is 81.4 cm³/mol. The molecule has 1 aromatic carbocycles. The lowest BCUT2D eigenvalue weighted by Gasteiger charge is -2.24. The number of aliphatic hydroxyl groups excluding tert-OH is 1. The second kappa shape index (κ2) is 9.78. The summed E-state index contributed by atoms with van der Waals surface area (Å²) in [6, 6.07) is 9.04. The maximum Gasteiger partial charge on any atom is 0.310 e. The van der Waals surface area contributed by atoms with Gasteiger partial charge in [0.1, 0.15) is 5.75 Å². The van der Waals surface area contributed by atoms with Gasteiger partial charge >= 0.3 is 5.97 Å². The van der Waals surface area contributed by atoms with E-state index in [0.717, 1.165) is 0 Å². The summed E-state index contributed by atoms with van der Waals surface area (Å²) in [5.41, 5.74) is 0. The van der Waals surface area contributed by atoms with Crippen LogP contribution < -0.4 is 4.74 Å². The van der Waals surface area contributed by atoms with Gasteiger partial charge in [-0.2, -0.15) is 0 Å². The van der Waals surface area contributed by atoms with E-state index in [-0.39, 0.29) is 31.6 Å². The van der Waals surface area contributed by atoms with E-state index in [0.29, 0.717) is 18.7 Å². The minimum absolute atomic E-state index is 0.0179. The number of benzene rings is 1. The monoisotopic (exact) mass is 309 g/mol. The number of para-hydroxylation sites is 1. The Labute approximate surface area is 130 Å². The number of carbonyl (C=O) groups excluding carboxylic acids is 2. The molecule has 1 amide bonds. The van der Waals surface area contributed by atoms with Gasteiger partial charge in [-0.15, -0.1) is 0 Å². The molecule has 1 N–H and O–H groups in total. The molecule has 1 aromatic rings. The van der Waals surface area contributed by atoms with Crippen molar-refractivity contribution in [3.8, 4) is 5.75 Å². The van der Waals surface area contributed by atoms with Gasteiger partial charge in [0.15, 0.2) is 6.61 Å². The molecule has 0 spiro atoms. The Balaban J connectivity index is 2.57. The van der Waals surface area contributed by atoms with Gasteiger partial charge in [-0.3, -0.25) is 9.59 Å². The first-order valence-electron chi connectivity index (χ1n) is 7.22. The van der Waals surface area contributed by atoms with Gasteiger partial charge in [-0.25, -0.2) is 0 Å². The van der Waals surface area contributed by atoms with E-state index in [9.17, 15) is 9.59 Å². The number of methoxy groups -OCH3 is 1. The number of hydrogen-bond donors (Lipinski definition) is 1. The fraction of sp³-hybridized carbons (Fsp3) is 0.500. The molecule has 0 saturated heterocycles. The highest BCUT2D eigenvalue weighted by Gasteiger charge is 2.21. The van der Waals surface area contributed by atoms with Crippen LogP contribution >= 0.6 is 0 Å². The predicted octanol–water partition coefficient (Wildman–Crippen LogP) is 1.09. The van der Waals surface area contributed by atoms with Crippen molar-refractivity contribution in [1.82, 2.24) is 4.90 Å². The fourth-order valence-electron chi connectivity index (χ4n) is 1.94. The van der Waals surface area contributed by atoms with E-state index in [2.05, 4.69) is 4.74 Å². The summed E-state index contributed by atoms with van der Waals surface area (Å²) in [7, 11) is 1.32. The summed E-state index contributed by atoms with van der Waals surface area (Å²) in [5, 5.41) is 8.93. The van der Waals surface area contributed by atoms with Crippen LogP contribution in [0.25, 0.3) is 0 Å². The van der Waals surface area contributed by atoms with Crippen LogP contribution in [0.3, 0.4) is 0 Å². The summed E-state index contributed by atoms with van der Waals surface area (Å²) in [4.78, 5) is 25.2. The largest absolute Gasteiger partial charge is 0.484 e. The smallest absolute Gasteiger partial charge is 0.310 e. The zero-order chi connectivity index (χ0) is 16.4. The quantitative estimate of drug-likeness (QED) is 0.691. The number of amides is 1. The van der Waals surface area contributed by atoms with Crippen molar-refractivity contribution in [3.63, 3.8) is 0 Å². The number of nitrogens with zero attached hydrogens (tertiary/aromatic N) is 1. The molecule has 122 valence electrons. The van der Waals surface area contributed by atoms with Crippen LogP contribution in [0.4, 0.5) is 0 Å². The summed E-state index contributed by atoms with van der Waals surface area (Å²) in [6.07, 6.45) is 0.449. The van der Waals surface area contributed by atoms with Crippen molar-refractivity contribution in [2.45, 2.75) is 13.3 Å². The molecule has 1 unspecified atom stereocenters. The Bertz CT molecular complexity index is 463. The second-order valence-corrected chi connectivity index (χ2v) is 4.94. The van der Waals surface area contributed by atoms with Gasteiger partial charge < -0.3 is 19.5 Å². The first-order valence-corrected chi connectivity index (χ1v) is 7.22. The minimum Gasteiger partial charge on any atom is -0.484 e. The zero-order valence-corrected chi connectivity index (χ0v) is 13.0. The molecule has 6 nitrogen and oxygen atoms in total. The van der Waals surface area contributed by atoms with Crippen molar-refractivity contribution in [2.75, 3.05) is 33.4 Å². The highest BCUT2D eigenvalue weighted by molar-refractivity contribution is 5.79. The Morgan fingerprint density at radius 1 is 1.27 bits per heavy atom. The second-order valence-electron chi connectivity index (χ2n) is 4.94. The third-order valence-corrected chi connectivity index (χ3v) is 3.14. The van der Waals surface area contributed by atoms with Crippen molar-refractivity contribution in [3.05, 3.63) is 30.3 Å². The molecule has 22 heavy (non-hydrogen) atoms. The van der Waals surface area contributed by atoms with Crippen LogP contribution in [0.15, 0.2) is 30.3 Å². The first kappa shape index (κ1) is 18.0. The van der Waals surface area contributed by atoms with E-state index < -0.39 is 5.92 Å². The Morgan fingerprint density at radius 3 is 2.55 bits per heavy atom. The maximum atomic E-state index is 12.2. The van der Waals surface area contributed by atoms with E-state index in [1.807, 2.05) is 18.2 Å². The average Bonchev–Trinajstić information content (AvgIpc) is 2.56. The van der Waals surface area contributed by atoms with E-state index in [1.165, 1.54) is 12.0 Å². The fourth-order valence-corrected chi connectivity index (χ4v) is 1.94. The van der Waals surface area contributed by atoms with Gasteiger partial charge in [-0.1, -0.05) is 25.1 Å². The molecule has 0 aliphatic carbocycles. The standard InChI is InChI=1S/C16H23NO5/c1-13(16(20)21-2)11-17(9-6-10-18)15(19)12-22-14-7-4-3-5-8-14/h3-5,7-8,13,18H,6,9-12H2,1-2H3. The molecule has 0 bridgehead atoms. The molecular weight excluding hydrogens is 286 g/mol. The molecule has 1 rings (SSSR count). The Hall–Kier alpha value is -2.08. The van der Waals surface area contributed by atoms with E-state index in [4.69, 9.17) is 9.84 Å². The van der Waals surface area contributed by atoms with Crippen molar-refractivity contribution < 1.29 is 24.2 Å². The number of hydrogen-bond acceptors (Lipinski definition) is 5. The Kier molecular flexibility index (Phi) is 7.99. The summed E-state index contributed by atoms with van der Waals surface area (Å²) >= 11 is 0. The number of carbonyl (C=O) groups is 2. The molecule has 0 saturated carbocycles. The molecule has 0 fully saturated rings. The Morgan fingerprint density at radius 2 is 1.95 bits per heavy atom. The molecular formula is C16H23NO5. The van der Waals surface area contributed by atoms with Crippen LogP contribution in [0.2, 0.25) is 0 Å². The van der Waals surface area contributed by atoms with Crippen molar-refractivity contribution in [2.24, 2.45) is 5.92 Å². The lowest BCUT2D eigenvalue weighted by molar-refractivity contribution is -0.146.